The molecule has 0 heterocycles. The lowest BCUT2D eigenvalue weighted by Gasteiger charge is -2.29. The Morgan fingerprint density at radius 1 is 0.750 bits per heavy atom. The Morgan fingerprint density at radius 2 is 1.36 bits per heavy atom. The van der Waals surface area contributed by atoms with Crippen molar-refractivity contribution in [3.05, 3.63) is 70.5 Å². The first-order valence-corrected chi connectivity index (χ1v) is 11.6. The molecule has 0 amide bonds. The van der Waals surface area contributed by atoms with Crippen molar-refractivity contribution in [2.75, 3.05) is 0 Å². The highest BCUT2D eigenvalue weighted by Crippen LogP contribution is 2.38. The molecular formula is C27H37F. The van der Waals surface area contributed by atoms with Crippen LogP contribution < -0.4 is 0 Å². The molecular weight excluding hydrogens is 343 g/mol. The minimum atomic E-state index is 0.0198. The van der Waals surface area contributed by atoms with Gasteiger partial charge in [0.1, 0.15) is 5.82 Å². The topological polar surface area (TPSA) is 0 Å². The summed E-state index contributed by atoms with van der Waals surface area (Å²) in [5.41, 5.74) is 4.85. The van der Waals surface area contributed by atoms with Crippen molar-refractivity contribution in [2.24, 2.45) is 5.92 Å². The van der Waals surface area contributed by atoms with Gasteiger partial charge >= 0.3 is 0 Å². The normalized spacial score (nSPS) is 19.7. The highest BCUT2D eigenvalue weighted by Gasteiger charge is 2.23. The number of rotatable bonds is 9. The summed E-state index contributed by atoms with van der Waals surface area (Å²) in [6.45, 7) is 4.50. The van der Waals surface area contributed by atoms with Gasteiger partial charge in [0.05, 0.1) is 0 Å². The van der Waals surface area contributed by atoms with Crippen LogP contribution in [0.2, 0.25) is 0 Å². The van der Waals surface area contributed by atoms with Crippen molar-refractivity contribution < 1.29 is 4.39 Å². The van der Waals surface area contributed by atoms with Crippen LogP contribution in [-0.2, 0) is 19.3 Å². The summed E-state index contributed by atoms with van der Waals surface area (Å²) < 4.78 is 14.8. The van der Waals surface area contributed by atoms with Crippen molar-refractivity contribution in [3.63, 3.8) is 0 Å². The summed E-state index contributed by atoms with van der Waals surface area (Å²) >= 11 is 0. The molecule has 0 aliphatic heterocycles. The lowest BCUT2D eigenvalue weighted by Crippen LogP contribution is -2.14. The molecule has 0 unspecified atom stereocenters. The maximum atomic E-state index is 14.8. The van der Waals surface area contributed by atoms with E-state index in [0.29, 0.717) is 5.92 Å². The second-order valence-electron chi connectivity index (χ2n) is 8.78. The molecule has 0 aromatic heterocycles. The summed E-state index contributed by atoms with van der Waals surface area (Å²) in [6, 6.07) is 15.0. The first-order chi connectivity index (χ1) is 13.7. The van der Waals surface area contributed by atoms with Crippen LogP contribution in [0, 0.1) is 11.7 Å². The van der Waals surface area contributed by atoms with E-state index < -0.39 is 0 Å². The van der Waals surface area contributed by atoms with E-state index in [2.05, 4.69) is 50.2 Å². The molecule has 0 nitrogen and oxygen atoms in total. The highest BCUT2D eigenvalue weighted by molar-refractivity contribution is 5.29. The quantitative estimate of drug-likeness (QED) is 0.413. The monoisotopic (exact) mass is 380 g/mol. The van der Waals surface area contributed by atoms with Crippen molar-refractivity contribution in [3.8, 4) is 0 Å². The van der Waals surface area contributed by atoms with Gasteiger partial charge in [-0.15, -0.1) is 0 Å². The Bertz CT molecular complexity index is 708. The number of benzene rings is 2. The minimum Gasteiger partial charge on any atom is -0.207 e. The Hall–Kier alpha value is -1.63. The van der Waals surface area contributed by atoms with Crippen LogP contribution in [-0.4, -0.2) is 0 Å². The molecule has 0 saturated heterocycles. The largest absolute Gasteiger partial charge is 0.207 e. The predicted molar refractivity (Wildman–Crippen MR) is 118 cm³/mol. The van der Waals surface area contributed by atoms with Crippen LogP contribution in [0.3, 0.4) is 0 Å². The van der Waals surface area contributed by atoms with E-state index in [9.17, 15) is 4.39 Å². The van der Waals surface area contributed by atoms with Gasteiger partial charge in [-0.1, -0.05) is 69.5 Å². The number of aryl methyl sites for hydroxylation is 3. The molecule has 1 aliphatic carbocycles. The Balaban J connectivity index is 1.53. The van der Waals surface area contributed by atoms with Gasteiger partial charge in [-0.05, 0) is 91.5 Å². The molecule has 0 N–H and O–H groups in total. The summed E-state index contributed by atoms with van der Waals surface area (Å²) in [5.74, 6) is 1.32. The van der Waals surface area contributed by atoms with Gasteiger partial charge < -0.3 is 0 Å². The summed E-state index contributed by atoms with van der Waals surface area (Å²) in [6.07, 6.45) is 13.0. The smallest absolute Gasteiger partial charge is 0.126 e. The van der Waals surface area contributed by atoms with Gasteiger partial charge in [0, 0.05) is 0 Å². The minimum absolute atomic E-state index is 0.0198. The van der Waals surface area contributed by atoms with Crippen LogP contribution in [0.5, 0.6) is 0 Å². The Kier molecular flexibility index (Phi) is 8.13. The first kappa shape index (κ1) is 21.1. The van der Waals surface area contributed by atoms with E-state index in [-0.39, 0.29) is 5.82 Å². The van der Waals surface area contributed by atoms with E-state index in [0.717, 1.165) is 42.7 Å². The van der Waals surface area contributed by atoms with E-state index in [1.54, 1.807) is 6.07 Å². The molecule has 28 heavy (non-hydrogen) atoms. The number of hydrogen-bond donors (Lipinski definition) is 0. The molecule has 0 bridgehead atoms. The first-order valence-electron chi connectivity index (χ1n) is 11.6. The van der Waals surface area contributed by atoms with Gasteiger partial charge in [-0.2, -0.15) is 0 Å². The average Bonchev–Trinajstić information content (AvgIpc) is 2.72. The molecule has 3 rings (SSSR count). The average molecular weight is 381 g/mol. The third-order valence-corrected chi connectivity index (χ3v) is 6.59. The summed E-state index contributed by atoms with van der Waals surface area (Å²) in [5, 5.41) is 0. The second kappa shape index (κ2) is 10.8. The van der Waals surface area contributed by atoms with Crippen molar-refractivity contribution in [1.82, 2.24) is 0 Å². The summed E-state index contributed by atoms with van der Waals surface area (Å²) in [4.78, 5) is 0. The molecule has 0 spiro atoms. The lowest BCUT2D eigenvalue weighted by molar-refractivity contribution is 0.304. The Morgan fingerprint density at radius 3 is 1.96 bits per heavy atom. The van der Waals surface area contributed by atoms with Crippen LogP contribution in [0.15, 0.2) is 42.5 Å². The van der Waals surface area contributed by atoms with Crippen LogP contribution >= 0.6 is 0 Å². The fourth-order valence-corrected chi connectivity index (χ4v) is 4.77. The molecule has 0 atom stereocenters. The number of unbranched alkanes of at least 4 members (excludes halogenated alkanes) is 1. The standard InChI is InChI=1S/C27H37F/c1-3-5-7-22-8-10-23(11-9-22)12-13-24-16-19-26(27(28)20-24)25-17-14-21(6-4-2)15-18-25/h8-11,16,19-21,25H,3-7,12-15,17-18H2,1-2H3. The van der Waals surface area contributed by atoms with E-state index in [4.69, 9.17) is 0 Å². The zero-order chi connectivity index (χ0) is 19.8. The molecule has 2 aromatic carbocycles. The fraction of sp³-hybridized carbons (Fsp3) is 0.556. The number of hydrogen-bond acceptors (Lipinski definition) is 0. The summed E-state index contributed by atoms with van der Waals surface area (Å²) in [7, 11) is 0. The fourth-order valence-electron chi connectivity index (χ4n) is 4.77. The third-order valence-electron chi connectivity index (χ3n) is 6.59. The van der Waals surface area contributed by atoms with Crippen molar-refractivity contribution >= 4 is 0 Å². The van der Waals surface area contributed by atoms with Crippen molar-refractivity contribution in [1.29, 1.82) is 0 Å². The Labute approximate surface area is 171 Å². The molecule has 1 heteroatoms. The molecule has 1 fully saturated rings. The van der Waals surface area contributed by atoms with E-state index in [1.165, 1.54) is 56.1 Å². The zero-order valence-electron chi connectivity index (χ0n) is 17.9. The zero-order valence-corrected chi connectivity index (χ0v) is 17.9. The lowest BCUT2D eigenvalue weighted by atomic mass is 9.77. The maximum Gasteiger partial charge on any atom is 0.126 e. The molecule has 1 saturated carbocycles. The molecule has 152 valence electrons. The van der Waals surface area contributed by atoms with Crippen LogP contribution in [0.4, 0.5) is 4.39 Å². The van der Waals surface area contributed by atoms with Crippen LogP contribution in [0.25, 0.3) is 0 Å². The SMILES string of the molecule is CCCCc1ccc(CCc2ccc(C3CCC(CCC)CC3)c(F)c2)cc1. The second-order valence-corrected chi connectivity index (χ2v) is 8.78. The van der Waals surface area contributed by atoms with E-state index >= 15 is 0 Å². The van der Waals surface area contributed by atoms with Gasteiger partial charge in [0.2, 0.25) is 0 Å². The van der Waals surface area contributed by atoms with Gasteiger partial charge in [0.15, 0.2) is 0 Å². The van der Waals surface area contributed by atoms with Gasteiger partial charge in [-0.3, -0.25) is 0 Å². The molecule has 2 aromatic rings. The maximum absolute atomic E-state index is 14.8. The van der Waals surface area contributed by atoms with Crippen molar-refractivity contribution in [2.45, 2.75) is 90.4 Å². The molecule has 1 aliphatic rings. The number of halogens is 1. The predicted octanol–water partition coefficient (Wildman–Crippen LogP) is 8.03. The van der Waals surface area contributed by atoms with Gasteiger partial charge in [0.25, 0.3) is 0 Å². The highest BCUT2D eigenvalue weighted by atomic mass is 19.1. The van der Waals surface area contributed by atoms with E-state index in [1.807, 2.05) is 0 Å². The molecule has 0 radical (unpaired) electrons. The van der Waals surface area contributed by atoms with Crippen LogP contribution in [0.1, 0.15) is 93.4 Å². The third kappa shape index (κ3) is 5.93. The van der Waals surface area contributed by atoms with Gasteiger partial charge in [-0.25, -0.2) is 4.39 Å².